The molecule has 0 aliphatic heterocycles. The Morgan fingerprint density at radius 1 is 1.42 bits per heavy atom. The van der Waals surface area contributed by atoms with E-state index in [0.29, 0.717) is 17.9 Å². The lowest BCUT2D eigenvalue weighted by Crippen LogP contribution is -2.23. The number of nitro groups is 1. The molecule has 0 N–H and O–H groups in total. The largest absolute Gasteiger partial charge is 0.358 e. The SMILES string of the molecule is Cc1cc(N(C)CCn2cnnc2)ncc1[N+](=O)[O-]. The maximum absolute atomic E-state index is 10.7. The molecule has 2 aromatic rings. The molecule has 0 saturated heterocycles. The van der Waals surface area contributed by atoms with Crippen LogP contribution < -0.4 is 4.90 Å². The molecule has 0 aliphatic rings. The third-order valence-corrected chi connectivity index (χ3v) is 2.82. The normalized spacial score (nSPS) is 10.4. The maximum Gasteiger partial charge on any atom is 0.290 e. The molecule has 0 radical (unpaired) electrons. The van der Waals surface area contributed by atoms with Crippen LogP contribution in [0.15, 0.2) is 24.9 Å². The predicted molar refractivity (Wildman–Crippen MR) is 68.9 cm³/mol. The maximum atomic E-state index is 10.7. The van der Waals surface area contributed by atoms with Crippen molar-refractivity contribution >= 4 is 11.5 Å². The van der Waals surface area contributed by atoms with Crippen molar-refractivity contribution in [3.63, 3.8) is 0 Å². The van der Waals surface area contributed by atoms with Crippen molar-refractivity contribution in [2.75, 3.05) is 18.5 Å². The molecule has 0 fully saturated rings. The van der Waals surface area contributed by atoms with Crippen LogP contribution in [0.5, 0.6) is 0 Å². The standard InChI is InChI=1S/C11H14N6O2/c1-9-5-11(12-6-10(9)17(18)19)15(2)3-4-16-7-13-14-8-16/h5-8H,3-4H2,1-2H3. The van der Waals surface area contributed by atoms with Crippen molar-refractivity contribution in [3.05, 3.63) is 40.6 Å². The summed E-state index contributed by atoms with van der Waals surface area (Å²) in [4.78, 5) is 16.3. The average molecular weight is 262 g/mol. The van der Waals surface area contributed by atoms with Gasteiger partial charge in [-0.1, -0.05) is 0 Å². The smallest absolute Gasteiger partial charge is 0.290 e. The van der Waals surface area contributed by atoms with Gasteiger partial charge in [-0.3, -0.25) is 10.1 Å². The van der Waals surface area contributed by atoms with Crippen molar-refractivity contribution in [1.82, 2.24) is 19.7 Å². The highest BCUT2D eigenvalue weighted by Gasteiger charge is 2.13. The Morgan fingerprint density at radius 3 is 2.68 bits per heavy atom. The van der Waals surface area contributed by atoms with Gasteiger partial charge in [0.1, 0.15) is 24.7 Å². The van der Waals surface area contributed by atoms with Crippen LogP contribution in [0, 0.1) is 17.0 Å². The fraction of sp³-hybridized carbons (Fsp3) is 0.364. The summed E-state index contributed by atoms with van der Waals surface area (Å²) in [5.41, 5.74) is 0.641. The minimum Gasteiger partial charge on any atom is -0.358 e. The van der Waals surface area contributed by atoms with E-state index in [-0.39, 0.29) is 5.69 Å². The van der Waals surface area contributed by atoms with Crippen LogP contribution in [0.4, 0.5) is 11.5 Å². The van der Waals surface area contributed by atoms with Crippen LogP contribution in [0.1, 0.15) is 5.56 Å². The van der Waals surface area contributed by atoms with E-state index >= 15 is 0 Å². The van der Waals surface area contributed by atoms with Gasteiger partial charge in [-0.05, 0) is 13.0 Å². The Hall–Kier alpha value is -2.51. The Kier molecular flexibility index (Phi) is 3.69. The second-order valence-electron chi connectivity index (χ2n) is 4.21. The summed E-state index contributed by atoms with van der Waals surface area (Å²) < 4.78 is 1.86. The molecule has 0 aliphatic carbocycles. The molecule has 2 heterocycles. The van der Waals surface area contributed by atoms with Gasteiger partial charge >= 0.3 is 0 Å². The molecule has 100 valence electrons. The van der Waals surface area contributed by atoms with Gasteiger partial charge in [0.15, 0.2) is 0 Å². The van der Waals surface area contributed by atoms with Crippen molar-refractivity contribution < 1.29 is 4.92 Å². The lowest BCUT2D eigenvalue weighted by molar-refractivity contribution is -0.385. The summed E-state index contributed by atoms with van der Waals surface area (Å²) in [6.45, 7) is 3.14. The van der Waals surface area contributed by atoms with Gasteiger partial charge in [-0.15, -0.1) is 10.2 Å². The van der Waals surface area contributed by atoms with Crippen molar-refractivity contribution in [1.29, 1.82) is 0 Å². The summed E-state index contributed by atoms with van der Waals surface area (Å²) in [5, 5.41) is 18.2. The summed E-state index contributed by atoms with van der Waals surface area (Å²) in [5.74, 6) is 0.705. The number of anilines is 1. The zero-order chi connectivity index (χ0) is 13.8. The van der Waals surface area contributed by atoms with Crippen LogP contribution >= 0.6 is 0 Å². The fourth-order valence-electron chi connectivity index (χ4n) is 1.65. The molecule has 0 unspecified atom stereocenters. The molecule has 0 aromatic carbocycles. The van der Waals surface area contributed by atoms with Crippen molar-refractivity contribution in [2.24, 2.45) is 0 Å². The number of hydrogen-bond donors (Lipinski definition) is 0. The molecule has 19 heavy (non-hydrogen) atoms. The number of likely N-dealkylation sites (N-methyl/N-ethyl adjacent to an activating group) is 1. The van der Waals surface area contributed by atoms with Crippen molar-refractivity contribution in [2.45, 2.75) is 13.5 Å². The van der Waals surface area contributed by atoms with Crippen LogP contribution in [-0.4, -0.2) is 38.3 Å². The third-order valence-electron chi connectivity index (χ3n) is 2.82. The van der Waals surface area contributed by atoms with E-state index in [0.717, 1.165) is 6.54 Å². The molecule has 8 heteroatoms. The van der Waals surface area contributed by atoms with E-state index in [1.54, 1.807) is 25.6 Å². The second kappa shape index (κ2) is 5.42. The van der Waals surface area contributed by atoms with E-state index in [1.165, 1.54) is 6.20 Å². The fourth-order valence-corrected chi connectivity index (χ4v) is 1.65. The summed E-state index contributed by atoms with van der Waals surface area (Å²) in [6.07, 6.45) is 4.57. The Labute approximate surface area is 109 Å². The third kappa shape index (κ3) is 3.03. The molecule has 0 bridgehead atoms. The van der Waals surface area contributed by atoms with Gasteiger partial charge < -0.3 is 9.47 Å². The van der Waals surface area contributed by atoms with Gasteiger partial charge in [0.2, 0.25) is 0 Å². The Bertz CT molecular complexity index is 569. The molecular formula is C11H14N6O2. The quantitative estimate of drug-likeness (QED) is 0.590. The number of aromatic nitrogens is 4. The highest BCUT2D eigenvalue weighted by molar-refractivity contribution is 5.48. The van der Waals surface area contributed by atoms with Crippen LogP contribution in [0.2, 0.25) is 0 Å². The minimum absolute atomic E-state index is 0.0379. The number of rotatable bonds is 5. The van der Waals surface area contributed by atoms with Gasteiger partial charge in [0.05, 0.1) is 4.92 Å². The van der Waals surface area contributed by atoms with E-state index in [9.17, 15) is 10.1 Å². The number of pyridine rings is 1. The van der Waals surface area contributed by atoms with Gasteiger partial charge in [-0.25, -0.2) is 4.98 Å². The molecular weight excluding hydrogens is 248 g/mol. The Morgan fingerprint density at radius 2 is 2.11 bits per heavy atom. The molecule has 8 nitrogen and oxygen atoms in total. The van der Waals surface area contributed by atoms with Crippen LogP contribution in [-0.2, 0) is 6.54 Å². The molecule has 0 atom stereocenters. The summed E-state index contributed by atoms with van der Waals surface area (Å²) in [7, 11) is 1.89. The molecule has 2 rings (SSSR count). The van der Waals surface area contributed by atoms with E-state index in [1.807, 2.05) is 16.5 Å². The second-order valence-corrected chi connectivity index (χ2v) is 4.21. The van der Waals surface area contributed by atoms with Crippen LogP contribution in [0.25, 0.3) is 0 Å². The highest BCUT2D eigenvalue weighted by atomic mass is 16.6. The molecule has 2 aromatic heterocycles. The predicted octanol–water partition coefficient (Wildman–Crippen LogP) is 1.03. The van der Waals surface area contributed by atoms with Gasteiger partial charge in [0, 0.05) is 25.7 Å². The van der Waals surface area contributed by atoms with Crippen molar-refractivity contribution in [3.8, 4) is 0 Å². The first-order chi connectivity index (χ1) is 9.08. The average Bonchev–Trinajstić information content (AvgIpc) is 2.88. The van der Waals surface area contributed by atoms with Gasteiger partial charge in [0.25, 0.3) is 5.69 Å². The zero-order valence-corrected chi connectivity index (χ0v) is 10.7. The first kappa shape index (κ1) is 12.9. The molecule has 0 spiro atoms. The monoisotopic (exact) mass is 262 g/mol. The first-order valence-corrected chi connectivity index (χ1v) is 5.72. The van der Waals surface area contributed by atoms with E-state index in [2.05, 4.69) is 15.2 Å². The molecule has 0 saturated carbocycles. The lowest BCUT2D eigenvalue weighted by atomic mass is 10.2. The number of nitrogens with zero attached hydrogens (tertiary/aromatic N) is 6. The van der Waals surface area contributed by atoms with E-state index < -0.39 is 4.92 Å². The van der Waals surface area contributed by atoms with Gasteiger partial charge in [-0.2, -0.15) is 0 Å². The highest BCUT2D eigenvalue weighted by Crippen LogP contribution is 2.20. The number of aryl methyl sites for hydroxylation is 1. The zero-order valence-electron chi connectivity index (χ0n) is 10.7. The first-order valence-electron chi connectivity index (χ1n) is 5.72. The summed E-state index contributed by atoms with van der Waals surface area (Å²) >= 11 is 0. The number of hydrogen-bond acceptors (Lipinski definition) is 6. The topological polar surface area (TPSA) is 90.0 Å². The Balaban J connectivity index is 2.05. The molecule has 0 amide bonds. The lowest BCUT2D eigenvalue weighted by Gasteiger charge is -2.18. The van der Waals surface area contributed by atoms with Crippen LogP contribution in [0.3, 0.4) is 0 Å². The minimum atomic E-state index is -0.427. The summed E-state index contributed by atoms with van der Waals surface area (Å²) in [6, 6.07) is 1.71. The van der Waals surface area contributed by atoms with E-state index in [4.69, 9.17) is 0 Å².